The van der Waals surface area contributed by atoms with Gasteiger partial charge in [0.2, 0.25) is 5.91 Å². The van der Waals surface area contributed by atoms with E-state index in [1.54, 1.807) is 11.3 Å². The number of thiazole rings is 1. The first-order valence-corrected chi connectivity index (χ1v) is 7.98. The second-order valence-corrected chi connectivity index (χ2v) is 6.35. The van der Waals surface area contributed by atoms with E-state index in [0.717, 1.165) is 29.3 Å². The Hall–Kier alpha value is -1.88. The number of anilines is 2. The van der Waals surface area contributed by atoms with Gasteiger partial charge in [-0.25, -0.2) is 4.98 Å². The number of amides is 1. The fourth-order valence-corrected chi connectivity index (χ4v) is 2.58. The molecule has 0 radical (unpaired) electrons. The third-order valence-electron chi connectivity index (χ3n) is 3.03. The van der Waals surface area contributed by atoms with Crippen LogP contribution in [-0.4, -0.2) is 10.9 Å². The summed E-state index contributed by atoms with van der Waals surface area (Å²) in [7, 11) is 0. The SMILES string of the molecule is CCc1ncc(CNc2cccc(NC(=O)C(C)C)c2)s1. The summed E-state index contributed by atoms with van der Waals surface area (Å²) in [6.45, 7) is 6.62. The van der Waals surface area contributed by atoms with Crippen molar-refractivity contribution in [2.45, 2.75) is 33.7 Å². The molecule has 1 aromatic carbocycles. The molecule has 21 heavy (non-hydrogen) atoms. The molecule has 0 saturated carbocycles. The van der Waals surface area contributed by atoms with E-state index in [0.29, 0.717) is 0 Å². The molecule has 0 bridgehead atoms. The molecule has 1 aromatic heterocycles. The van der Waals surface area contributed by atoms with Gasteiger partial charge in [0.15, 0.2) is 0 Å². The van der Waals surface area contributed by atoms with Crippen LogP contribution in [0.15, 0.2) is 30.5 Å². The lowest BCUT2D eigenvalue weighted by molar-refractivity contribution is -0.118. The molecule has 0 aliphatic heterocycles. The number of nitrogens with zero attached hydrogens (tertiary/aromatic N) is 1. The molecule has 1 amide bonds. The molecular weight excluding hydrogens is 282 g/mol. The highest BCUT2D eigenvalue weighted by atomic mass is 32.1. The first-order chi connectivity index (χ1) is 10.1. The van der Waals surface area contributed by atoms with Gasteiger partial charge in [0.05, 0.1) is 11.6 Å². The van der Waals surface area contributed by atoms with Crippen molar-refractivity contribution in [1.82, 2.24) is 4.98 Å². The summed E-state index contributed by atoms with van der Waals surface area (Å²) < 4.78 is 0. The first kappa shape index (κ1) is 15.5. The highest BCUT2D eigenvalue weighted by Gasteiger charge is 2.07. The lowest BCUT2D eigenvalue weighted by Crippen LogP contribution is -2.17. The van der Waals surface area contributed by atoms with Gasteiger partial charge in [-0.05, 0) is 24.6 Å². The van der Waals surface area contributed by atoms with Gasteiger partial charge in [-0.15, -0.1) is 11.3 Å². The van der Waals surface area contributed by atoms with Gasteiger partial charge >= 0.3 is 0 Å². The van der Waals surface area contributed by atoms with Crippen molar-refractivity contribution in [3.05, 3.63) is 40.3 Å². The van der Waals surface area contributed by atoms with Crippen LogP contribution in [0.5, 0.6) is 0 Å². The molecule has 0 fully saturated rings. The molecule has 1 heterocycles. The number of rotatable bonds is 6. The van der Waals surface area contributed by atoms with Gasteiger partial charge < -0.3 is 10.6 Å². The zero-order chi connectivity index (χ0) is 15.2. The maximum absolute atomic E-state index is 11.7. The molecule has 0 aliphatic carbocycles. The van der Waals surface area contributed by atoms with Crippen LogP contribution in [0.4, 0.5) is 11.4 Å². The second-order valence-electron chi connectivity index (χ2n) is 5.15. The maximum Gasteiger partial charge on any atom is 0.226 e. The summed E-state index contributed by atoms with van der Waals surface area (Å²) in [5.74, 6) is 0.00784. The third kappa shape index (κ3) is 4.56. The fraction of sp³-hybridized carbons (Fsp3) is 0.375. The fourth-order valence-electron chi connectivity index (χ4n) is 1.78. The molecule has 112 valence electrons. The summed E-state index contributed by atoms with van der Waals surface area (Å²) in [5.41, 5.74) is 1.81. The van der Waals surface area contributed by atoms with E-state index in [1.165, 1.54) is 4.88 Å². The molecule has 2 aromatic rings. The number of aromatic nitrogens is 1. The molecule has 2 rings (SSSR count). The Balaban J connectivity index is 1.96. The quantitative estimate of drug-likeness (QED) is 0.850. The Labute approximate surface area is 129 Å². The van der Waals surface area contributed by atoms with Crippen molar-refractivity contribution in [1.29, 1.82) is 0 Å². The first-order valence-electron chi connectivity index (χ1n) is 7.17. The predicted octanol–water partition coefficient (Wildman–Crippen LogP) is 3.91. The van der Waals surface area contributed by atoms with Crippen molar-refractivity contribution in [3.8, 4) is 0 Å². The molecule has 2 N–H and O–H groups in total. The molecule has 0 unspecified atom stereocenters. The van der Waals surface area contributed by atoms with Crippen LogP contribution in [0, 0.1) is 5.92 Å². The molecular formula is C16H21N3OS. The minimum Gasteiger partial charge on any atom is -0.380 e. The molecule has 0 saturated heterocycles. The van der Waals surface area contributed by atoms with Crippen LogP contribution in [0.2, 0.25) is 0 Å². The molecule has 0 aliphatic rings. The van der Waals surface area contributed by atoms with Gasteiger partial charge in [0, 0.05) is 28.4 Å². The second kappa shape index (κ2) is 7.22. The van der Waals surface area contributed by atoms with E-state index in [9.17, 15) is 4.79 Å². The Morgan fingerprint density at radius 2 is 2.10 bits per heavy atom. The monoisotopic (exact) mass is 303 g/mol. The number of benzene rings is 1. The molecule has 5 heteroatoms. The van der Waals surface area contributed by atoms with Crippen molar-refractivity contribution >= 4 is 28.6 Å². The van der Waals surface area contributed by atoms with E-state index < -0.39 is 0 Å². The van der Waals surface area contributed by atoms with E-state index in [-0.39, 0.29) is 11.8 Å². The molecule has 0 atom stereocenters. The Morgan fingerprint density at radius 3 is 2.76 bits per heavy atom. The van der Waals surface area contributed by atoms with Crippen LogP contribution in [0.25, 0.3) is 0 Å². The van der Waals surface area contributed by atoms with E-state index in [4.69, 9.17) is 0 Å². The Bertz CT molecular complexity index is 607. The van der Waals surface area contributed by atoms with Crippen LogP contribution in [0.1, 0.15) is 30.7 Å². The number of nitrogens with one attached hydrogen (secondary N) is 2. The summed E-state index contributed by atoms with van der Waals surface area (Å²) in [6, 6.07) is 7.77. The van der Waals surface area contributed by atoms with Crippen molar-refractivity contribution in [2.75, 3.05) is 10.6 Å². The van der Waals surface area contributed by atoms with Crippen molar-refractivity contribution < 1.29 is 4.79 Å². The van der Waals surface area contributed by atoms with Gasteiger partial charge in [-0.1, -0.05) is 26.8 Å². The summed E-state index contributed by atoms with van der Waals surface area (Å²) >= 11 is 1.73. The smallest absolute Gasteiger partial charge is 0.226 e. The predicted molar refractivity (Wildman–Crippen MR) is 88.7 cm³/mol. The minimum atomic E-state index is -0.0220. The van der Waals surface area contributed by atoms with Crippen LogP contribution in [-0.2, 0) is 17.8 Å². The summed E-state index contributed by atoms with van der Waals surface area (Å²) in [5, 5.41) is 7.42. The average Bonchev–Trinajstić information content (AvgIpc) is 2.93. The lowest BCUT2D eigenvalue weighted by Gasteiger charge is -2.10. The number of hydrogen-bond donors (Lipinski definition) is 2. The zero-order valence-electron chi connectivity index (χ0n) is 12.6. The average molecular weight is 303 g/mol. The van der Waals surface area contributed by atoms with Crippen molar-refractivity contribution in [3.63, 3.8) is 0 Å². The minimum absolute atomic E-state index is 0.0220. The van der Waals surface area contributed by atoms with Crippen LogP contribution < -0.4 is 10.6 Å². The van der Waals surface area contributed by atoms with Crippen LogP contribution in [0.3, 0.4) is 0 Å². The van der Waals surface area contributed by atoms with Crippen molar-refractivity contribution in [2.24, 2.45) is 5.92 Å². The number of carbonyl (C=O) groups excluding carboxylic acids is 1. The maximum atomic E-state index is 11.7. The summed E-state index contributed by atoms with van der Waals surface area (Å²) in [6.07, 6.45) is 2.89. The van der Waals surface area contributed by atoms with E-state index >= 15 is 0 Å². The number of hydrogen-bond acceptors (Lipinski definition) is 4. The highest BCUT2D eigenvalue weighted by Crippen LogP contribution is 2.19. The van der Waals surface area contributed by atoms with Gasteiger partial charge in [-0.2, -0.15) is 0 Å². The Kier molecular flexibility index (Phi) is 5.33. The molecule has 0 spiro atoms. The standard InChI is InChI=1S/C16H21N3OS/c1-4-15-18-10-14(21-15)9-17-12-6-5-7-13(8-12)19-16(20)11(2)3/h5-8,10-11,17H,4,9H2,1-3H3,(H,19,20). The highest BCUT2D eigenvalue weighted by molar-refractivity contribution is 7.11. The third-order valence-corrected chi connectivity index (χ3v) is 4.17. The van der Waals surface area contributed by atoms with Gasteiger partial charge in [0.1, 0.15) is 0 Å². The van der Waals surface area contributed by atoms with E-state index in [1.807, 2.05) is 44.3 Å². The van der Waals surface area contributed by atoms with Crippen LogP contribution >= 0.6 is 11.3 Å². The topological polar surface area (TPSA) is 54.0 Å². The Morgan fingerprint density at radius 1 is 1.33 bits per heavy atom. The number of aryl methyl sites for hydroxylation is 1. The summed E-state index contributed by atoms with van der Waals surface area (Å²) in [4.78, 5) is 17.3. The largest absolute Gasteiger partial charge is 0.380 e. The number of carbonyl (C=O) groups is 1. The van der Waals surface area contributed by atoms with Gasteiger partial charge in [-0.3, -0.25) is 4.79 Å². The normalized spacial score (nSPS) is 10.7. The van der Waals surface area contributed by atoms with E-state index in [2.05, 4.69) is 22.5 Å². The lowest BCUT2D eigenvalue weighted by atomic mass is 10.2. The molecule has 4 nitrogen and oxygen atoms in total. The zero-order valence-corrected chi connectivity index (χ0v) is 13.5. The van der Waals surface area contributed by atoms with Gasteiger partial charge in [0.25, 0.3) is 0 Å².